The molecule has 1 aliphatic rings. The first kappa shape index (κ1) is 14.2. The molecule has 1 fully saturated rings. The highest BCUT2D eigenvalue weighted by molar-refractivity contribution is 5.40. The molecule has 2 atom stereocenters. The number of methoxy groups -OCH3 is 2. The average molecular weight is 263 g/mol. The third-order valence-electron chi connectivity index (χ3n) is 4.18. The lowest BCUT2D eigenvalue weighted by molar-refractivity contribution is 0.299. The van der Waals surface area contributed by atoms with Gasteiger partial charge in [-0.05, 0) is 56.0 Å². The quantitative estimate of drug-likeness (QED) is 0.885. The summed E-state index contributed by atoms with van der Waals surface area (Å²) >= 11 is 0. The maximum absolute atomic E-state index is 5.39. The number of benzene rings is 1. The molecule has 1 aromatic rings. The van der Waals surface area contributed by atoms with Crippen LogP contribution < -0.4 is 14.8 Å². The van der Waals surface area contributed by atoms with E-state index in [9.17, 15) is 0 Å². The largest absolute Gasteiger partial charge is 0.497 e. The summed E-state index contributed by atoms with van der Waals surface area (Å²) in [7, 11) is 5.47. The molecule has 1 N–H and O–H groups in total. The van der Waals surface area contributed by atoms with E-state index in [1.807, 2.05) is 13.1 Å². The van der Waals surface area contributed by atoms with Gasteiger partial charge in [0.15, 0.2) is 0 Å². The Bertz CT molecular complexity index is 381. The van der Waals surface area contributed by atoms with Gasteiger partial charge in [0.05, 0.1) is 14.2 Å². The Balaban J connectivity index is 2.26. The Morgan fingerprint density at radius 1 is 1.05 bits per heavy atom. The van der Waals surface area contributed by atoms with Crippen LogP contribution in [0.5, 0.6) is 11.5 Å². The highest BCUT2D eigenvalue weighted by Crippen LogP contribution is 2.40. The Labute approximate surface area is 116 Å². The Hall–Kier alpha value is -1.22. The van der Waals surface area contributed by atoms with E-state index in [4.69, 9.17) is 9.47 Å². The van der Waals surface area contributed by atoms with Crippen molar-refractivity contribution in [2.75, 3.05) is 27.8 Å². The molecule has 0 aromatic heterocycles. The maximum atomic E-state index is 5.39. The molecule has 0 amide bonds. The van der Waals surface area contributed by atoms with Gasteiger partial charge in [-0.2, -0.15) is 0 Å². The normalized spacial score (nSPS) is 23.1. The molecule has 3 heteroatoms. The summed E-state index contributed by atoms with van der Waals surface area (Å²) in [6, 6.07) is 6.28. The fraction of sp³-hybridized carbons (Fsp3) is 0.625. The van der Waals surface area contributed by atoms with E-state index in [2.05, 4.69) is 17.4 Å². The lowest BCUT2D eigenvalue weighted by atomic mass is 9.75. The minimum absolute atomic E-state index is 0.616. The van der Waals surface area contributed by atoms with Crippen molar-refractivity contribution >= 4 is 0 Å². The summed E-state index contributed by atoms with van der Waals surface area (Å²) in [5.41, 5.74) is 1.36. The Kier molecular flexibility index (Phi) is 5.08. The molecule has 19 heavy (non-hydrogen) atoms. The number of rotatable bonds is 5. The van der Waals surface area contributed by atoms with Crippen molar-refractivity contribution < 1.29 is 9.47 Å². The van der Waals surface area contributed by atoms with Crippen LogP contribution in [0.3, 0.4) is 0 Å². The van der Waals surface area contributed by atoms with Gasteiger partial charge in [0.2, 0.25) is 0 Å². The molecule has 1 saturated carbocycles. The summed E-state index contributed by atoms with van der Waals surface area (Å²) in [4.78, 5) is 0. The zero-order valence-corrected chi connectivity index (χ0v) is 12.2. The van der Waals surface area contributed by atoms with Gasteiger partial charge in [-0.3, -0.25) is 0 Å². The van der Waals surface area contributed by atoms with Crippen LogP contribution in [0.1, 0.15) is 37.2 Å². The fourth-order valence-corrected chi connectivity index (χ4v) is 3.20. The zero-order valence-electron chi connectivity index (χ0n) is 12.2. The van der Waals surface area contributed by atoms with E-state index in [0.717, 1.165) is 24.0 Å². The van der Waals surface area contributed by atoms with E-state index in [1.165, 1.54) is 31.2 Å². The first-order valence-corrected chi connectivity index (χ1v) is 7.16. The predicted octanol–water partition coefficient (Wildman–Crippen LogP) is 3.20. The molecule has 106 valence electrons. The van der Waals surface area contributed by atoms with Gasteiger partial charge in [0.1, 0.15) is 11.5 Å². The molecule has 3 nitrogen and oxygen atoms in total. The van der Waals surface area contributed by atoms with Gasteiger partial charge < -0.3 is 14.8 Å². The topological polar surface area (TPSA) is 30.5 Å². The molecular weight excluding hydrogens is 238 g/mol. The van der Waals surface area contributed by atoms with Crippen molar-refractivity contribution in [3.8, 4) is 11.5 Å². The molecule has 1 aliphatic carbocycles. The minimum Gasteiger partial charge on any atom is -0.497 e. The average Bonchev–Trinajstić information content (AvgIpc) is 2.47. The third kappa shape index (κ3) is 3.41. The number of nitrogens with one attached hydrogen (secondary N) is 1. The minimum atomic E-state index is 0.616. The van der Waals surface area contributed by atoms with Crippen LogP contribution in [0.25, 0.3) is 0 Å². The van der Waals surface area contributed by atoms with Crippen molar-refractivity contribution in [3.05, 3.63) is 23.8 Å². The van der Waals surface area contributed by atoms with Crippen LogP contribution in [0.15, 0.2) is 18.2 Å². The van der Waals surface area contributed by atoms with E-state index in [1.54, 1.807) is 14.2 Å². The standard InChI is InChI=1S/C16H25NO2/c1-17-11-12-6-4-5-7-16(12)13-8-14(18-2)10-15(9-13)19-3/h8-10,12,16-17H,4-7,11H2,1-3H3. The van der Waals surface area contributed by atoms with Crippen LogP contribution in [0.4, 0.5) is 0 Å². The number of ether oxygens (including phenoxy) is 2. The summed E-state index contributed by atoms with van der Waals surface area (Å²) in [5, 5.41) is 3.33. The summed E-state index contributed by atoms with van der Waals surface area (Å²) < 4.78 is 10.8. The van der Waals surface area contributed by atoms with Crippen LogP contribution in [0.2, 0.25) is 0 Å². The fourth-order valence-electron chi connectivity index (χ4n) is 3.20. The second-order valence-electron chi connectivity index (χ2n) is 5.35. The zero-order chi connectivity index (χ0) is 13.7. The summed E-state index contributed by atoms with van der Waals surface area (Å²) in [6.45, 7) is 1.09. The van der Waals surface area contributed by atoms with Gasteiger partial charge in [-0.15, -0.1) is 0 Å². The van der Waals surface area contributed by atoms with Crippen LogP contribution in [0, 0.1) is 5.92 Å². The molecule has 0 spiro atoms. The summed E-state index contributed by atoms with van der Waals surface area (Å²) in [6.07, 6.45) is 5.25. The highest BCUT2D eigenvalue weighted by atomic mass is 16.5. The van der Waals surface area contributed by atoms with Crippen molar-refractivity contribution in [2.24, 2.45) is 5.92 Å². The molecule has 2 rings (SSSR count). The van der Waals surface area contributed by atoms with Gasteiger partial charge in [-0.25, -0.2) is 0 Å². The molecule has 2 unspecified atom stereocenters. The second-order valence-corrected chi connectivity index (χ2v) is 5.35. The second kappa shape index (κ2) is 6.80. The van der Waals surface area contributed by atoms with Crippen LogP contribution in [-0.2, 0) is 0 Å². The van der Waals surface area contributed by atoms with E-state index >= 15 is 0 Å². The van der Waals surface area contributed by atoms with Crippen molar-refractivity contribution in [3.63, 3.8) is 0 Å². The van der Waals surface area contributed by atoms with Crippen molar-refractivity contribution in [1.29, 1.82) is 0 Å². The molecule has 0 saturated heterocycles. The first-order chi connectivity index (χ1) is 9.28. The first-order valence-electron chi connectivity index (χ1n) is 7.16. The SMILES string of the molecule is CNCC1CCCCC1c1cc(OC)cc(OC)c1. The van der Waals surface area contributed by atoms with Gasteiger partial charge in [-0.1, -0.05) is 12.8 Å². The molecular formula is C16H25NO2. The molecule has 1 aromatic carbocycles. The van der Waals surface area contributed by atoms with Gasteiger partial charge >= 0.3 is 0 Å². The van der Waals surface area contributed by atoms with E-state index in [0.29, 0.717) is 5.92 Å². The highest BCUT2D eigenvalue weighted by Gasteiger charge is 2.26. The number of hydrogen-bond acceptors (Lipinski definition) is 3. The Morgan fingerprint density at radius 2 is 1.68 bits per heavy atom. The summed E-state index contributed by atoms with van der Waals surface area (Å²) in [5.74, 6) is 3.12. The number of hydrogen-bond donors (Lipinski definition) is 1. The van der Waals surface area contributed by atoms with Crippen molar-refractivity contribution in [1.82, 2.24) is 5.32 Å². The van der Waals surface area contributed by atoms with Gasteiger partial charge in [0.25, 0.3) is 0 Å². The Morgan fingerprint density at radius 3 is 2.26 bits per heavy atom. The molecule has 0 bridgehead atoms. The van der Waals surface area contributed by atoms with Crippen molar-refractivity contribution in [2.45, 2.75) is 31.6 Å². The molecule has 0 aliphatic heterocycles. The monoisotopic (exact) mass is 263 g/mol. The van der Waals surface area contributed by atoms with Crippen LogP contribution in [-0.4, -0.2) is 27.8 Å². The van der Waals surface area contributed by atoms with Crippen LogP contribution >= 0.6 is 0 Å². The molecule has 0 heterocycles. The van der Waals surface area contributed by atoms with E-state index in [-0.39, 0.29) is 0 Å². The third-order valence-corrected chi connectivity index (χ3v) is 4.18. The lowest BCUT2D eigenvalue weighted by Crippen LogP contribution is -2.27. The smallest absolute Gasteiger partial charge is 0.122 e. The predicted molar refractivity (Wildman–Crippen MR) is 78.2 cm³/mol. The van der Waals surface area contributed by atoms with E-state index < -0.39 is 0 Å². The lowest BCUT2D eigenvalue weighted by Gasteiger charge is -2.32. The maximum Gasteiger partial charge on any atom is 0.122 e. The molecule has 0 radical (unpaired) electrons. The van der Waals surface area contributed by atoms with Gasteiger partial charge in [0, 0.05) is 6.07 Å².